The molecule has 77 heavy (non-hydrogen) atoms. The van der Waals surface area contributed by atoms with Gasteiger partial charge >= 0.3 is 11.9 Å². The number of hydrogen-bond acceptors (Lipinski definition) is 15. The number of aromatic nitrogens is 5. The number of ketones is 1. The predicted octanol–water partition coefficient (Wildman–Crippen LogP) is 9.97. The van der Waals surface area contributed by atoms with Gasteiger partial charge in [0.05, 0.1) is 38.8 Å². The van der Waals surface area contributed by atoms with Crippen molar-refractivity contribution in [2.75, 3.05) is 27.1 Å². The van der Waals surface area contributed by atoms with Crippen molar-refractivity contribution in [1.29, 1.82) is 1.34 Å². The first-order chi connectivity index (χ1) is 36.5. The van der Waals surface area contributed by atoms with Crippen LogP contribution in [0.1, 0.15) is 163 Å². The molecule has 5 aromatic heterocycles. The number of nitrogens with two attached hydrogens (primary N) is 1. The number of Topliss-reactive ketones (excluding diaryl/α,β-unsaturated/α-hetero) is 1. The van der Waals surface area contributed by atoms with E-state index in [1.165, 1.54) is 105 Å². The summed E-state index contributed by atoms with van der Waals surface area (Å²) in [4.78, 5) is 82.0. The van der Waals surface area contributed by atoms with Gasteiger partial charge in [-0.25, -0.2) is 19.6 Å². The van der Waals surface area contributed by atoms with Gasteiger partial charge < -0.3 is 34.7 Å². The Kier molecular flexibility index (Phi) is 30.0. The summed E-state index contributed by atoms with van der Waals surface area (Å²) in [6.07, 6.45) is 23.0. The molecule has 3 atom stereocenters. The number of methoxy groups -OCH3 is 3. The van der Waals surface area contributed by atoms with Crippen LogP contribution in [0, 0.1) is 69.6 Å². The van der Waals surface area contributed by atoms with Gasteiger partial charge in [-0.1, -0.05) is 104 Å². The summed E-state index contributed by atoms with van der Waals surface area (Å²) in [5, 5.41) is 24.0. The van der Waals surface area contributed by atoms with E-state index in [2.05, 4.69) is 18.3 Å². The summed E-state index contributed by atoms with van der Waals surface area (Å²) in [6, 6.07) is 7.17. The molecule has 8 rings (SSSR count). The summed E-state index contributed by atoms with van der Waals surface area (Å²) >= 11 is 2.93. The maximum Gasteiger partial charge on any atom is 0.328 e. The van der Waals surface area contributed by atoms with Crippen LogP contribution in [0.15, 0.2) is 73.9 Å². The summed E-state index contributed by atoms with van der Waals surface area (Å²) < 4.78 is 25.0. The molecule has 0 spiro atoms. The van der Waals surface area contributed by atoms with Crippen molar-refractivity contribution in [2.24, 2.45) is 17.8 Å². The largest absolute Gasteiger partial charge is 0.508 e. The van der Waals surface area contributed by atoms with Crippen LogP contribution >= 0.6 is 22.7 Å². The number of carboxylic acid groups (broad SMARTS) is 1. The normalized spacial score (nSPS) is 15.8. The molecule has 0 aliphatic heterocycles. The van der Waals surface area contributed by atoms with E-state index < -0.39 is 29.7 Å². The van der Waals surface area contributed by atoms with E-state index in [1.54, 1.807) is 41.6 Å². The van der Waals surface area contributed by atoms with Gasteiger partial charge in [-0.15, -0.1) is 22.7 Å². The molecule has 5 heterocycles. The zero-order valence-corrected chi connectivity index (χ0v) is 50.7. The fourth-order valence-electron chi connectivity index (χ4n) is 10.7. The van der Waals surface area contributed by atoms with Crippen LogP contribution in [0.25, 0.3) is 0 Å². The molecule has 420 valence electrons. The Bertz CT molecular complexity index is 2740. The summed E-state index contributed by atoms with van der Waals surface area (Å²) in [5.74, 6) is 1.02. The van der Waals surface area contributed by atoms with E-state index in [-0.39, 0.29) is 73.6 Å². The Labute approximate surface area is 488 Å². The van der Waals surface area contributed by atoms with E-state index >= 15 is 0 Å². The van der Waals surface area contributed by atoms with Gasteiger partial charge in [0, 0.05) is 97.9 Å². The molecule has 0 amide bonds. The van der Waals surface area contributed by atoms with Gasteiger partial charge in [0.15, 0.2) is 10.9 Å². The van der Waals surface area contributed by atoms with Crippen LogP contribution in [0.2, 0.25) is 0 Å². The quantitative estimate of drug-likeness (QED) is 0.0616. The van der Waals surface area contributed by atoms with Crippen LogP contribution in [-0.2, 0) is 25.5 Å². The first-order valence-corrected chi connectivity index (χ1v) is 27.6. The Balaban J connectivity index is 0.000000371. The fourth-order valence-corrected chi connectivity index (χ4v) is 11.7. The molecule has 5 aromatic rings. The molecule has 2 radical (unpaired) electrons. The minimum absolute atomic E-state index is 0. The molecule has 0 saturated heterocycles. The molecule has 4 N–H and O–H groups in total. The van der Waals surface area contributed by atoms with E-state index in [0.717, 1.165) is 80.2 Å². The average molecular weight is 1330 g/mol. The Hall–Kier alpha value is -4.96. The minimum atomic E-state index is -0.980. The molecule has 0 bridgehead atoms. The van der Waals surface area contributed by atoms with Crippen molar-refractivity contribution >= 4 is 53.9 Å². The van der Waals surface area contributed by atoms with E-state index in [0.29, 0.717) is 52.9 Å². The third-order valence-corrected chi connectivity index (χ3v) is 15.7. The number of esters is 1. The fraction of sp³-hybridized carbons (Fsp3) is 0.571. The number of nitrogens with zero attached hydrogens (tertiary/aromatic N) is 5. The summed E-state index contributed by atoms with van der Waals surface area (Å²) in [6.45, 7) is 5.34. The number of rotatable bonds is 16. The number of carboxylic acids is 1. The monoisotopic (exact) mass is 1330 g/mol. The molecule has 3 aliphatic carbocycles. The third kappa shape index (κ3) is 21.0. The van der Waals surface area contributed by atoms with Crippen LogP contribution < -0.4 is 31.9 Å². The molecular formula is C56H81BN6O11S2U. The third-order valence-electron chi connectivity index (χ3n) is 14.4. The molecule has 3 unspecified atom stereocenters. The van der Waals surface area contributed by atoms with Gasteiger partial charge in [-0.05, 0) is 77.3 Å². The Morgan fingerprint density at radius 2 is 1.05 bits per heavy atom. The predicted molar refractivity (Wildman–Crippen MR) is 303 cm³/mol. The molecular weight excluding hydrogens is 1250 g/mol. The van der Waals surface area contributed by atoms with Crippen LogP contribution in [0.3, 0.4) is 0 Å². The Morgan fingerprint density at radius 1 is 0.649 bits per heavy atom. The number of carbonyl (C=O) groups is 3. The van der Waals surface area contributed by atoms with Gasteiger partial charge in [-0.2, -0.15) is 0 Å². The first kappa shape index (κ1) is 66.3. The number of thiazole rings is 2. The molecule has 0 aromatic carbocycles. The van der Waals surface area contributed by atoms with Crippen molar-refractivity contribution < 1.29 is 69.9 Å². The number of pyridine rings is 3. The number of carbonyl (C=O) groups excluding carboxylic acids is 2. The molecule has 21 heteroatoms. The maximum absolute atomic E-state index is 13.1. The SMILES string of the molecule is C.COC(=O)C(CC1CCCCC1)n1c(C)cc(OC)cc1=O.COc1cc(C)n(C(CC2CCCCC2)C(=O)Cc2nccs2)c(=O)c1.Cc1cc(O)cc(=O)n1C(CC1CCCCC1)C(=O)O.Nc1nccs1.[3H][B].[U]. The van der Waals surface area contributed by atoms with Gasteiger partial charge in [0.25, 0.3) is 16.7 Å². The zero-order valence-electron chi connectivity index (χ0n) is 45.9. The number of anilines is 1. The van der Waals surface area contributed by atoms with E-state index in [1.807, 2.05) is 30.7 Å². The molecule has 3 fully saturated rings. The van der Waals surface area contributed by atoms with Crippen molar-refractivity contribution in [3.63, 3.8) is 0 Å². The minimum Gasteiger partial charge on any atom is -0.508 e. The van der Waals surface area contributed by atoms with Crippen molar-refractivity contribution in [3.05, 3.63) is 113 Å². The van der Waals surface area contributed by atoms with Crippen LogP contribution in [-0.4, -0.2) is 82.6 Å². The second kappa shape index (κ2) is 34.8. The van der Waals surface area contributed by atoms with Crippen LogP contribution in [0.5, 0.6) is 17.2 Å². The number of hydrogen-bond donors (Lipinski definition) is 3. The van der Waals surface area contributed by atoms with Gasteiger partial charge in [0.2, 0.25) is 0 Å². The first-order valence-electron chi connectivity index (χ1n) is 26.4. The van der Waals surface area contributed by atoms with Crippen molar-refractivity contribution in [3.8, 4) is 17.2 Å². The van der Waals surface area contributed by atoms with Gasteiger partial charge in [-0.3, -0.25) is 28.3 Å². The smallest absolute Gasteiger partial charge is 0.328 e. The molecule has 17 nitrogen and oxygen atoms in total. The van der Waals surface area contributed by atoms with E-state index in [9.17, 15) is 39.0 Å². The maximum atomic E-state index is 13.1. The number of ether oxygens (including phenoxy) is 3. The number of aliphatic carboxylic acids is 1. The zero-order chi connectivity index (χ0) is 55.7. The van der Waals surface area contributed by atoms with Gasteiger partial charge in [0.1, 0.15) is 29.3 Å². The molecule has 3 saturated carbocycles. The second-order valence-corrected chi connectivity index (χ2v) is 21.5. The number of aromatic hydroxyl groups is 1. The molecule has 3 aliphatic rings. The summed E-state index contributed by atoms with van der Waals surface area (Å²) in [7, 11) is 8.20. The van der Waals surface area contributed by atoms with E-state index in [4.69, 9.17) is 21.3 Å². The second-order valence-electron chi connectivity index (χ2n) is 19.6. The topological polar surface area (TPSA) is 237 Å². The average Bonchev–Trinajstić information content (AvgIpc) is 4.13. The standard InChI is InChI=1S/C20H26N2O3S.C17H25NO4.C15H21NO4.C3H4N2S.CH4.BH.U/c1-14-10-16(25-2)12-20(24)22(14)17(11-15-6-4-3-5-7-15)18(23)13-19-21-8-9-26-19;1-12-9-14(21-2)11-16(19)18(12)15(17(20)22-3)10-13-7-5-4-6-8-13;1-10-7-12(17)9-14(18)16(10)13(15(19)20)8-11-5-3-2-4-6-11;4-3-5-1-2-6-3;;;/h8-10,12,15,17H,3-7,11,13H2,1-2H3;9,11,13,15H,4-8,10H2,1-3H3;7,9,11,13,17H,2-6,8H2,1H3,(H,19,20);1-2H,(H2,4,5);1H4;1H;/i;;;;;1T;. The number of nitrogen functional groups attached to an aromatic ring is 1. The number of aryl methyl sites for hydroxylation is 3. The Morgan fingerprint density at radius 3 is 1.42 bits per heavy atom. The summed E-state index contributed by atoms with van der Waals surface area (Å²) in [5.41, 5.74) is 6.31. The van der Waals surface area contributed by atoms with Crippen molar-refractivity contribution in [1.82, 2.24) is 23.7 Å². The van der Waals surface area contributed by atoms with Crippen molar-refractivity contribution in [2.45, 2.75) is 168 Å². The van der Waals surface area contributed by atoms with Crippen LogP contribution in [0.4, 0.5) is 5.13 Å².